The molecule has 0 aliphatic rings. The molecule has 0 aliphatic carbocycles. The Morgan fingerprint density at radius 2 is 1.75 bits per heavy atom. The number of thiazole rings is 1. The zero-order chi connectivity index (χ0) is 14.2. The molecule has 2 N–H and O–H groups in total. The molecule has 0 spiro atoms. The quantitative estimate of drug-likeness (QED) is 0.768. The molecule has 0 saturated carbocycles. The van der Waals surface area contributed by atoms with Gasteiger partial charge in [-0.1, -0.05) is 0 Å². The minimum atomic E-state index is 0.0471. The summed E-state index contributed by atoms with van der Waals surface area (Å²) in [6, 6.07) is 7.46. The first-order valence-corrected chi connectivity index (χ1v) is 7.09. The summed E-state index contributed by atoms with van der Waals surface area (Å²) in [5.41, 5.74) is 1.66. The van der Waals surface area contributed by atoms with Crippen LogP contribution in [0.15, 0.2) is 46.1 Å². The summed E-state index contributed by atoms with van der Waals surface area (Å²) in [5.74, 6) is 0. The molecule has 20 heavy (non-hydrogen) atoms. The van der Waals surface area contributed by atoms with Gasteiger partial charge < -0.3 is 15.1 Å². The molecule has 106 valence electrons. The van der Waals surface area contributed by atoms with Gasteiger partial charge in [-0.05, 0) is 24.3 Å². The van der Waals surface area contributed by atoms with Gasteiger partial charge in [-0.3, -0.25) is 0 Å². The largest absolute Gasteiger partial charge is 0.395 e. The molecule has 0 fully saturated rings. The van der Waals surface area contributed by atoms with E-state index in [0.717, 1.165) is 11.4 Å². The van der Waals surface area contributed by atoms with E-state index >= 15 is 0 Å². The number of aliphatic hydroxyl groups is 2. The van der Waals surface area contributed by atoms with Crippen molar-refractivity contribution >= 4 is 27.8 Å². The number of rotatable bonds is 7. The van der Waals surface area contributed by atoms with E-state index < -0.39 is 0 Å². The van der Waals surface area contributed by atoms with Gasteiger partial charge in [0.05, 0.1) is 18.9 Å². The summed E-state index contributed by atoms with van der Waals surface area (Å²) in [4.78, 5) is 5.92. The Balaban J connectivity index is 2.05. The lowest BCUT2D eigenvalue weighted by Crippen LogP contribution is -2.29. The number of aliphatic hydroxyl groups excluding tert-OH is 2. The van der Waals surface area contributed by atoms with Crippen LogP contribution < -0.4 is 4.90 Å². The second-order valence-electron chi connectivity index (χ2n) is 3.97. The second kappa shape index (κ2) is 7.68. The van der Waals surface area contributed by atoms with Gasteiger partial charge in [-0.15, -0.1) is 21.6 Å². The van der Waals surface area contributed by atoms with Gasteiger partial charge >= 0.3 is 0 Å². The van der Waals surface area contributed by atoms with Gasteiger partial charge in [0, 0.05) is 30.4 Å². The molecule has 0 aliphatic heterocycles. The van der Waals surface area contributed by atoms with Crippen molar-refractivity contribution in [1.29, 1.82) is 0 Å². The standard InChI is InChI=1S/C13H16N4O2S/c18-8-6-17(7-9-19)12-3-1-11(2-4-12)15-16-13-14-5-10-20-13/h1-5,10,18-19H,6-9H2. The molecule has 0 bridgehead atoms. The van der Waals surface area contributed by atoms with Gasteiger partial charge in [0.15, 0.2) is 0 Å². The van der Waals surface area contributed by atoms with E-state index in [4.69, 9.17) is 10.2 Å². The summed E-state index contributed by atoms with van der Waals surface area (Å²) in [6.45, 7) is 1.07. The van der Waals surface area contributed by atoms with Gasteiger partial charge in [-0.25, -0.2) is 4.98 Å². The number of azo groups is 1. The van der Waals surface area contributed by atoms with E-state index in [1.54, 1.807) is 6.20 Å². The first-order valence-electron chi connectivity index (χ1n) is 6.21. The number of hydrogen-bond donors (Lipinski definition) is 2. The lowest BCUT2D eigenvalue weighted by Gasteiger charge is -2.22. The third-order valence-electron chi connectivity index (χ3n) is 2.62. The van der Waals surface area contributed by atoms with Crippen LogP contribution in [0.3, 0.4) is 0 Å². The van der Waals surface area contributed by atoms with Crippen LogP contribution in [-0.2, 0) is 0 Å². The molecule has 1 aromatic carbocycles. The van der Waals surface area contributed by atoms with Crippen molar-refractivity contribution in [2.75, 3.05) is 31.2 Å². The highest BCUT2D eigenvalue weighted by molar-refractivity contribution is 7.13. The molecule has 1 aromatic heterocycles. The van der Waals surface area contributed by atoms with Crippen molar-refractivity contribution in [3.8, 4) is 0 Å². The lowest BCUT2D eigenvalue weighted by molar-refractivity contribution is 0.281. The Morgan fingerprint density at radius 3 is 2.30 bits per heavy atom. The van der Waals surface area contributed by atoms with Crippen LogP contribution in [0.5, 0.6) is 0 Å². The molecule has 0 amide bonds. The maximum atomic E-state index is 9.01. The van der Waals surface area contributed by atoms with E-state index in [1.165, 1.54) is 11.3 Å². The fraction of sp³-hybridized carbons (Fsp3) is 0.308. The monoisotopic (exact) mass is 292 g/mol. The third kappa shape index (κ3) is 4.09. The first kappa shape index (κ1) is 14.6. The molecule has 2 aromatic rings. The number of anilines is 1. The van der Waals surface area contributed by atoms with Crippen LogP contribution >= 0.6 is 11.3 Å². The van der Waals surface area contributed by atoms with Crippen LogP contribution in [0.25, 0.3) is 0 Å². The number of hydrogen-bond acceptors (Lipinski definition) is 7. The van der Waals surface area contributed by atoms with Crippen molar-refractivity contribution in [2.24, 2.45) is 10.2 Å². The molecule has 2 rings (SSSR count). The molecule has 6 nitrogen and oxygen atoms in total. The van der Waals surface area contributed by atoms with E-state index in [-0.39, 0.29) is 13.2 Å². The molecule has 1 heterocycles. The van der Waals surface area contributed by atoms with Crippen molar-refractivity contribution in [2.45, 2.75) is 0 Å². The molecule has 0 saturated heterocycles. The maximum absolute atomic E-state index is 9.01. The first-order chi connectivity index (χ1) is 9.83. The lowest BCUT2D eigenvalue weighted by atomic mass is 10.2. The van der Waals surface area contributed by atoms with Gasteiger partial charge in [0.2, 0.25) is 5.13 Å². The summed E-state index contributed by atoms with van der Waals surface area (Å²) in [6.07, 6.45) is 1.68. The zero-order valence-corrected chi connectivity index (χ0v) is 11.7. The molecular formula is C13H16N4O2S. The Morgan fingerprint density at radius 1 is 1.05 bits per heavy atom. The fourth-order valence-corrected chi connectivity index (χ4v) is 2.16. The zero-order valence-electron chi connectivity index (χ0n) is 10.9. The highest BCUT2D eigenvalue weighted by atomic mass is 32.1. The fourth-order valence-electron chi connectivity index (χ4n) is 1.71. The highest BCUT2D eigenvalue weighted by Crippen LogP contribution is 2.22. The van der Waals surface area contributed by atoms with Crippen LogP contribution in [0.4, 0.5) is 16.5 Å². The van der Waals surface area contributed by atoms with Crippen LogP contribution in [0.2, 0.25) is 0 Å². The SMILES string of the molecule is OCCN(CCO)c1ccc(N=Nc2nccs2)cc1. The normalized spacial score (nSPS) is 11.1. The van der Waals surface area contributed by atoms with Gasteiger partial charge in [0.1, 0.15) is 0 Å². The smallest absolute Gasteiger partial charge is 0.229 e. The number of aromatic nitrogens is 1. The summed E-state index contributed by atoms with van der Waals surface area (Å²) in [7, 11) is 0. The van der Waals surface area contributed by atoms with Crippen LogP contribution in [0, 0.1) is 0 Å². The minimum absolute atomic E-state index is 0.0471. The maximum Gasteiger partial charge on any atom is 0.229 e. The Bertz CT molecular complexity index is 522. The predicted molar refractivity (Wildman–Crippen MR) is 79.1 cm³/mol. The Labute approximate surface area is 121 Å². The summed E-state index contributed by atoms with van der Waals surface area (Å²) >= 11 is 1.43. The van der Waals surface area contributed by atoms with Crippen LogP contribution in [0.1, 0.15) is 0 Å². The highest BCUT2D eigenvalue weighted by Gasteiger charge is 2.04. The number of benzene rings is 1. The van der Waals surface area contributed by atoms with E-state index in [9.17, 15) is 0 Å². The molecule has 0 radical (unpaired) electrons. The minimum Gasteiger partial charge on any atom is -0.395 e. The molecule has 0 unspecified atom stereocenters. The van der Waals surface area contributed by atoms with E-state index in [1.807, 2.05) is 34.5 Å². The number of nitrogens with zero attached hydrogens (tertiary/aromatic N) is 4. The van der Waals surface area contributed by atoms with Crippen molar-refractivity contribution in [3.63, 3.8) is 0 Å². The van der Waals surface area contributed by atoms with Crippen molar-refractivity contribution in [3.05, 3.63) is 35.8 Å². The van der Waals surface area contributed by atoms with E-state index in [0.29, 0.717) is 18.2 Å². The second-order valence-corrected chi connectivity index (χ2v) is 4.84. The van der Waals surface area contributed by atoms with Gasteiger partial charge in [-0.2, -0.15) is 0 Å². The molecular weight excluding hydrogens is 276 g/mol. The van der Waals surface area contributed by atoms with Gasteiger partial charge in [0.25, 0.3) is 0 Å². The van der Waals surface area contributed by atoms with Crippen molar-refractivity contribution in [1.82, 2.24) is 4.98 Å². The van der Waals surface area contributed by atoms with Crippen LogP contribution in [-0.4, -0.2) is 41.5 Å². The molecule has 0 atom stereocenters. The average Bonchev–Trinajstić information content (AvgIpc) is 2.99. The summed E-state index contributed by atoms with van der Waals surface area (Å²) in [5, 5.41) is 28.6. The average molecular weight is 292 g/mol. The predicted octanol–water partition coefficient (Wildman–Crippen LogP) is 2.35. The summed E-state index contributed by atoms with van der Waals surface area (Å²) < 4.78 is 0. The Kier molecular flexibility index (Phi) is 5.60. The van der Waals surface area contributed by atoms with E-state index in [2.05, 4.69) is 15.2 Å². The Hall–Kier alpha value is -1.83. The molecule has 7 heteroatoms. The topological polar surface area (TPSA) is 81.3 Å². The third-order valence-corrected chi connectivity index (χ3v) is 3.28. The van der Waals surface area contributed by atoms with Crippen molar-refractivity contribution < 1.29 is 10.2 Å².